The van der Waals surface area contributed by atoms with Crippen molar-refractivity contribution in [1.82, 2.24) is 15.1 Å². The van der Waals surface area contributed by atoms with Crippen molar-refractivity contribution in [2.24, 2.45) is 4.99 Å². The van der Waals surface area contributed by atoms with Crippen LogP contribution in [-0.4, -0.2) is 53.9 Å². The summed E-state index contributed by atoms with van der Waals surface area (Å²) in [5, 5.41) is 3.10. The maximum Gasteiger partial charge on any atom is 0.257 e. The Balaban J connectivity index is 1.52. The van der Waals surface area contributed by atoms with E-state index in [1.165, 1.54) is 43.2 Å². The Morgan fingerprint density at radius 3 is 2.19 bits per heavy atom. The number of aliphatic imine (C=N–C) groups is 1. The van der Waals surface area contributed by atoms with Crippen molar-refractivity contribution in [3.8, 4) is 0 Å². The second-order valence-corrected chi connectivity index (χ2v) is 8.92. The lowest BCUT2D eigenvalue weighted by Gasteiger charge is -2.41. The van der Waals surface area contributed by atoms with Gasteiger partial charge in [0.1, 0.15) is 0 Å². The first kappa shape index (κ1) is 21.6. The summed E-state index contributed by atoms with van der Waals surface area (Å²) in [6.07, 6.45) is 6.76. The summed E-state index contributed by atoms with van der Waals surface area (Å²) in [5.41, 5.74) is 3.89. The van der Waals surface area contributed by atoms with Crippen LogP contribution in [0.2, 0.25) is 0 Å². The molecule has 0 radical (unpaired) electrons. The minimum absolute atomic E-state index is 0.113. The van der Waals surface area contributed by atoms with Gasteiger partial charge in [0.25, 0.3) is 5.91 Å². The van der Waals surface area contributed by atoms with E-state index in [1.807, 2.05) is 30.3 Å². The molecule has 31 heavy (non-hydrogen) atoms. The van der Waals surface area contributed by atoms with Gasteiger partial charge in [0.2, 0.25) is 5.96 Å². The van der Waals surface area contributed by atoms with E-state index in [0.29, 0.717) is 11.5 Å². The van der Waals surface area contributed by atoms with Gasteiger partial charge in [-0.25, -0.2) is 4.99 Å². The minimum atomic E-state index is -0.113. The molecule has 1 saturated heterocycles. The summed E-state index contributed by atoms with van der Waals surface area (Å²) in [5.74, 6) is 0.542. The second-order valence-electron chi connectivity index (χ2n) is 8.92. The molecule has 1 amide bonds. The maximum absolute atomic E-state index is 12.9. The van der Waals surface area contributed by atoms with E-state index in [2.05, 4.69) is 47.2 Å². The average molecular weight is 419 g/mol. The molecule has 0 bridgehead atoms. The highest BCUT2D eigenvalue weighted by Gasteiger charge is 2.27. The van der Waals surface area contributed by atoms with Crippen molar-refractivity contribution >= 4 is 17.6 Å². The number of nitrogens with zero attached hydrogens (tertiary/aromatic N) is 3. The molecule has 2 aromatic carbocycles. The van der Waals surface area contributed by atoms with E-state index in [9.17, 15) is 4.79 Å². The normalized spacial score (nSPS) is 18.8. The number of aryl methyl sites for hydroxylation is 2. The number of carbonyl (C=O) groups excluding carboxylic acids is 1. The zero-order valence-corrected chi connectivity index (χ0v) is 18.8. The molecular formula is C26H34N4O. The van der Waals surface area contributed by atoms with E-state index in [1.54, 1.807) is 0 Å². The molecule has 1 aliphatic carbocycles. The Morgan fingerprint density at radius 2 is 1.55 bits per heavy atom. The third-order valence-electron chi connectivity index (χ3n) is 6.41. The van der Waals surface area contributed by atoms with Gasteiger partial charge in [-0.1, -0.05) is 43.5 Å². The highest BCUT2D eigenvalue weighted by atomic mass is 16.1. The van der Waals surface area contributed by atoms with Crippen molar-refractivity contribution in [3.05, 3.63) is 65.2 Å². The van der Waals surface area contributed by atoms with Crippen molar-refractivity contribution in [3.63, 3.8) is 0 Å². The Morgan fingerprint density at radius 1 is 0.903 bits per heavy atom. The Bertz CT molecular complexity index is 890. The van der Waals surface area contributed by atoms with Crippen molar-refractivity contribution in [2.45, 2.75) is 52.0 Å². The lowest BCUT2D eigenvalue weighted by molar-refractivity contribution is 0.0943. The van der Waals surface area contributed by atoms with Gasteiger partial charge < -0.3 is 4.90 Å². The SMILES string of the molecule is Cc1cc(C)cc(N=C(NC(=O)c2ccccc2)N2CCN(C3CCCCC3)CC2)c1. The standard InChI is InChI=1S/C26H34N4O/c1-20-17-21(2)19-23(18-20)27-26(28-25(31)22-9-5-3-6-10-22)30-15-13-29(14-16-30)24-11-7-4-8-12-24/h3,5-6,9-10,17-19,24H,4,7-8,11-16H2,1-2H3,(H,27,28,31). The van der Waals surface area contributed by atoms with Crippen LogP contribution in [0.1, 0.15) is 53.6 Å². The summed E-state index contributed by atoms with van der Waals surface area (Å²) in [7, 11) is 0. The molecule has 1 aliphatic heterocycles. The number of hydrogen-bond acceptors (Lipinski definition) is 3. The quantitative estimate of drug-likeness (QED) is 0.582. The van der Waals surface area contributed by atoms with Gasteiger partial charge >= 0.3 is 0 Å². The highest BCUT2D eigenvalue weighted by Crippen LogP contribution is 2.24. The van der Waals surface area contributed by atoms with Crippen LogP contribution in [0.15, 0.2) is 53.5 Å². The average Bonchev–Trinajstić information content (AvgIpc) is 2.79. The molecule has 1 heterocycles. The molecule has 0 aromatic heterocycles. The molecular weight excluding hydrogens is 384 g/mol. The summed E-state index contributed by atoms with van der Waals surface area (Å²) < 4.78 is 0. The molecule has 5 heteroatoms. The first-order chi connectivity index (χ1) is 15.1. The summed E-state index contributed by atoms with van der Waals surface area (Å²) in [6.45, 7) is 7.98. The van der Waals surface area contributed by atoms with Crippen LogP contribution in [0.4, 0.5) is 5.69 Å². The smallest absolute Gasteiger partial charge is 0.257 e. The number of piperazine rings is 1. The van der Waals surface area contributed by atoms with Gasteiger partial charge in [0, 0.05) is 37.8 Å². The number of guanidine groups is 1. The topological polar surface area (TPSA) is 47.9 Å². The van der Waals surface area contributed by atoms with Crippen LogP contribution in [-0.2, 0) is 0 Å². The zero-order chi connectivity index (χ0) is 21.6. The van der Waals surface area contributed by atoms with Gasteiger partial charge in [0.15, 0.2) is 0 Å². The Labute approximate surface area is 186 Å². The fraction of sp³-hybridized carbons (Fsp3) is 0.462. The summed E-state index contributed by atoms with van der Waals surface area (Å²) >= 11 is 0. The minimum Gasteiger partial charge on any atom is -0.340 e. The zero-order valence-electron chi connectivity index (χ0n) is 18.8. The van der Waals surface area contributed by atoms with Gasteiger partial charge in [-0.3, -0.25) is 15.0 Å². The maximum atomic E-state index is 12.9. The molecule has 1 N–H and O–H groups in total. The molecule has 0 unspecified atom stereocenters. The van der Waals surface area contributed by atoms with Gasteiger partial charge in [0.05, 0.1) is 5.69 Å². The molecule has 1 saturated carbocycles. The molecule has 164 valence electrons. The second kappa shape index (κ2) is 10.1. The predicted molar refractivity (Wildman–Crippen MR) is 127 cm³/mol. The van der Waals surface area contributed by atoms with Gasteiger partial charge in [-0.05, 0) is 62.1 Å². The van der Waals surface area contributed by atoms with Crippen molar-refractivity contribution < 1.29 is 4.79 Å². The Hall–Kier alpha value is -2.66. The van der Waals surface area contributed by atoms with Crippen molar-refractivity contribution in [1.29, 1.82) is 0 Å². The molecule has 5 nitrogen and oxygen atoms in total. The van der Waals surface area contributed by atoms with Gasteiger partial charge in [-0.2, -0.15) is 0 Å². The molecule has 0 spiro atoms. The number of nitrogens with one attached hydrogen (secondary N) is 1. The van der Waals surface area contributed by atoms with Crippen LogP contribution in [0.5, 0.6) is 0 Å². The number of hydrogen-bond donors (Lipinski definition) is 1. The third kappa shape index (κ3) is 5.73. The van der Waals surface area contributed by atoms with Crippen molar-refractivity contribution in [2.75, 3.05) is 26.2 Å². The van der Waals surface area contributed by atoms with Crippen LogP contribution < -0.4 is 5.32 Å². The summed E-state index contributed by atoms with van der Waals surface area (Å²) in [4.78, 5) is 22.7. The first-order valence-corrected chi connectivity index (χ1v) is 11.6. The van der Waals surface area contributed by atoms with Crippen LogP contribution >= 0.6 is 0 Å². The largest absolute Gasteiger partial charge is 0.340 e. The number of rotatable bonds is 3. The number of amides is 1. The monoisotopic (exact) mass is 418 g/mol. The van der Waals surface area contributed by atoms with E-state index < -0.39 is 0 Å². The van der Waals surface area contributed by atoms with E-state index in [4.69, 9.17) is 4.99 Å². The number of carbonyl (C=O) groups is 1. The third-order valence-corrected chi connectivity index (χ3v) is 6.41. The fourth-order valence-corrected chi connectivity index (χ4v) is 4.82. The Kier molecular flexibility index (Phi) is 7.03. The molecule has 2 fully saturated rings. The van der Waals surface area contributed by atoms with Crippen LogP contribution in [0, 0.1) is 13.8 Å². The van der Waals surface area contributed by atoms with Crippen LogP contribution in [0.25, 0.3) is 0 Å². The fourth-order valence-electron chi connectivity index (χ4n) is 4.82. The molecule has 0 atom stereocenters. The first-order valence-electron chi connectivity index (χ1n) is 11.6. The molecule has 2 aromatic rings. The van der Waals surface area contributed by atoms with E-state index in [-0.39, 0.29) is 5.91 Å². The predicted octanol–water partition coefficient (Wildman–Crippen LogP) is 4.67. The number of benzene rings is 2. The lowest BCUT2D eigenvalue weighted by atomic mass is 9.94. The van der Waals surface area contributed by atoms with E-state index >= 15 is 0 Å². The molecule has 2 aliphatic rings. The highest BCUT2D eigenvalue weighted by molar-refractivity contribution is 6.06. The van der Waals surface area contributed by atoms with Gasteiger partial charge in [-0.15, -0.1) is 0 Å². The molecule has 4 rings (SSSR count). The lowest BCUT2D eigenvalue weighted by Crippen LogP contribution is -2.55. The van der Waals surface area contributed by atoms with Crippen LogP contribution in [0.3, 0.4) is 0 Å². The summed E-state index contributed by atoms with van der Waals surface area (Å²) in [6, 6.07) is 16.4. The van der Waals surface area contributed by atoms with E-state index in [0.717, 1.165) is 37.9 Å².